The van der Waals surface area contributed by atoms with E-state index in [9.17, 15) is 9.59 Å². The molecule has 0 radical (unpaired) electrons. The number of hydrogen-bond donors (Lipinski definition) is 1. The Hall–Kier alpha value is -2.30. The summed E-state index contributed by atoms with van der Waals surface area (Å²) >= 11 is 0. The third kappa shape index (κ3) is 6.43. The normalized spacial score (nSPS) is 10.5. The molecule has 0 saturated heterocycles. The summed E-state index contributed by atoms with van der Waals surface area (Å²) in [6.45, 7) is 4.96. The second-order valence-corrected chi connectivity index (χ2v) is 4.91. The number of ether oxygens (including phenoxy) is 1. The van der Waals surface area contributed by atoms with E-state index in [-0.39, 0.29) is 12.0 Å². The number of carbonyl (C=O) groups excluding carboxylic acids is 2. The average molecular weight is 304 g/mol. The van der Waals surface area contributed by atoms with Gasteiger partial charge in [0.15, 0.2) is 0 Å². The van der Waals surface area contributed by atoms with Gasteiger partial charge in [0.25, 0.3) is 0 Å². The van der Waals surface area contributed by atoms with Crippen molar-refractivity contribution in [2.75, 3.05) is 25.5 Å². The number of carbonyl (C=O) groups is 2. The lowest BCUT2D eigenvalue weighted by atomic mass is 10.2. The maximum absolute atomic E-state index is 11.9. The Morgan fingerprint density at radius 3 is 2.50 bits per heavy atom. The SMILES string of the molecule is CCCCN(C)C(=O)Nc1ccc(/C=C\C(=O)OCC)cc1. The Kier molecular flexibility index (Phi) is 7.75. The van der Waals surface area contributed by atoms with Gasteiger partial charge in [-0.1, -0.05) is 25.5 Å². The zero-order chi connectivity index (χ0) is 16.4. The maximum Gasteiger partial charge on any atom is 0.330 e. The highest BCUT2D eigenvalue weighted by Crippen LogP contribution is 2.11. The Morgan fingerprint density at radius 2 is 1.91 bits per heavy atom. The fraction of sp³-hybridized carbons (Fsp3) is 0.412. The standard InChI is InChI=1S/C17H24N2O3/c1-4-6-13-19(3)17(21)18-15-10-7-14(8-11-15)9-12-16(20)22-5-2/h7-12H,4-6,13H2,1-3H3,(H,18,21)/b12-9-. The van der Waals surface area contributed by atoms with Crippen molar-refractivity contribution in [1.29, 1.82) is 0 Å². The highest BCUT2D eigenvalue weighted by Gasteiger charge is 2.07. The summed E-state index contributed by atoms with van der Waals surface area (Å²) in [5.41, 5.74) is 1.59. The molecule has 0 aromatic heterocycles. The molecule has 0 aliphatic carbocycles. The van der Waals surface area contributed by atoms with Crippen molar-refractivity contribution in [2.24, 2.45) is 0 Å². The molecule has 120 valence electrons. The Bertz CT molecular complexity index is 509. The minimum atomic E-state index is -0.363. The topological polar surface area (TPSA) is 58.6 Å². The molecule has 5 nitrogen and oxygen atoms in total. The molecule has 0 spiro atoms. The van der Waals surface area contributed by atoms with E-state index < -0.39 is 0 Å². The van der Waals surface area contributed by atoms with E-state index in [1.165, 1.54) is 6.08 Å². The van der Waals surface area contributed by atoms with E-state index in [4.69, 9.17) is 4.74 Å². The number of rotatable bonds is 7. The summed E-state index contributed by atoms with van der Waals surface area (Å²) in [7, 11) is 1.78. The molecule has 5 heteroatoms. The summed E-state index contributed by atoms with van der Waals surface area (Å²) < 4.78 is 4.81. The van der Waals surface area contributed by atoms with Crippen LogP contribution in [0.25, 0.3) is 6.08 Å². The van der Waals surface area contributed by atoms with E-state index in [2.05, 4.69) is 12.2 Å². The Balaban J connectivity index is 2.54. The number of hydrogen-bond acceptors (Lipinski definition) is 3. The number of anilines is 1. The third-order valence-corrected chi connectivity index (χ3v) is 3.05. The van der Waals surface area contributed by atoms with Crippen LogP contribution in [0.15, 0.2) is 30.3 Å². The minimum absolute atomic E-state index is 0.122. The number of unbranched alkanes of at least 4 members (excludes halogenated alkanes) is 1. The van der Waals surface area contributed by atoms with Gasteiger partial charge in [0, 0.05) is 25.4 Å². The van der Waals surface area contributed by atoms with Gasteiger partial charge in [0.2, 0.25) is 0 Å². The molecule has 0 heterocycles. The van der Waals surface area contributed by atoms with E-state index in [1.54, 1.807) is 37.1 Å². The lowest BCUT2D eigenvalue weighted by Gasteiger charge is -2.17. The summed E-state index contributed by atoms with van der Waals surface area (Å²) in [6.07, 6.45) is 5.10. The number of amides is 2. The molecule has 0 atom stereocenters. The maximum atomic E-state index is 11.9. The highest BCUT2D eigenvalue weighted by molar-refractivity contribution is 5.89. The summed E-state index contributed by atoms with van der Waals surface area (Å²) in [5.74, 6) is -0.363. The van der Waals surface area contributed by atoms with Crippen molar-refractivity contribution >= 4 is 23.8 Å². The molecule has 1 aromatic carbocycles. The molecule has 1 N–H and O–H groups in total. The first kappa shape index (κ1) is 17.8. The van der Waals surface area contributed by atoms with Crippen LogP contribution in [0, 0.1) is 0 Å². The van der Waals surface area contributed by atoms with Gasteiger partial charge in [0.1, 0.15) is 0 Å². The molecule has 1 rings (SSSR count). The van der Waals surface area contributed by atoms with E-state index in [0.29, 0.717) is 6.61 Å². The molecule has 0 aliphatic heterocycles. The zero-order valence-electron chi connectivity index (χ0n) is 13.5. The van der Waals surface area contributed by atoms with E-state index >= 15 is 0 Å². The van der Waals surface area contributed by atoms with Crippen molar-refractivity contribution in [3.63, 3.8) is 0 Å². The lowest BCUT2D eigenvalue weighted by Crippen LogP contribution is -2.32. The first-order chi connectivity index (χ1) is 10.6. The second-order valence-electron chi connectivity index (χ2n) is 4.91. The van der Waals surface area contributed by atoms with Gasteiger partial charge in [-0.05, 0) is 37.1 Å². The smallest absolute Gasteiger partial charge is 0.330 e. The largest absolute Gasteiger partial charge is 0.463 e. The molecule has 0 bridgehead atoms. The van der Waals surface area contributed by atoms with E-state index in [0.717, 1.165) is 30.6 Å². The number of nitrogens with zero attached hydrogens (tertiary/aromatic N) is 1. The molecule has 2 amide bonds. The summed E-state index contributed by atoms with van der Waals surface area (Å²) in [5, 5.41) is 2.83. The Morgan fingerprint density at radius 1 is 1.23 bits per heavy atom. The quantitative estimate of drug-likeness (QED) is 0.619. The Labute approximate surface area is 132 Å². The van der Waals surface area contributed by atoms with Gasteiger partial charge in [-0.15, -0.1) is 0 Å². The number of nitrogens with one attached hydrogen (secondary N) is 1. The van der Waals surface area contributed by atoms with Crippen LogP contribution in [0.3, 0.4) is 0 Å². The molecular weight excluding hydrogens is 280 g/mol. The van der Waals surface area contributed by atoms with Crippen LogP contribution in [-0.2, 0) is 9.53 Å². The van der Waals surface area contributed by atoms with Crippen LogP contribution in [0.1, 0.15) is 32.3 Å². The fourth-order valence-corrected chi connectivity index (χ4v) is 1.75. The first-order valence-electron chi connectivity index (χ1n) is 7.53. The van der Waals surface area contributed by atoms with Crippen LogP contribution < -0.4 is 5.32 Å². The summed E-state index contributed by atoms with van der Waals surface area (Å²) in [4.78, 5) is 24.8. The van der Waals surface area contributed by atoms with Gasteiger partial charge in [-0.2, -0.15) is 0 Å². The van der Waals surface area contributed by atoms with Crippen molar-refractivity contribution in [3.8, 4) is 0 Å². The van der Waals surface area contributed by atoms with Crippen molar-refractivity contribution in [2.45, 2.75) is 26.7 Å². The monoisotopic (exact) mass is 304 g/mol. The van der Waals surface area contributed by atoms with Crippen LogP contribution in [0.4, 0.5) is 10.5 Å². The third-order valence-electron chi connectivity index (χ3n) is 3.05. The van der Waals surface area contributed by atoms with Gasteiger partial charge < -0.3 is 15.0 Å². The lowest BCUT2D eigenvalue weighted by molar-refractivity contribution is -0.137. The van der Waals surface area contributed by atoms with Gasteiger partial charge in [0.05, 0.1) is 6.61 Å². The number of esters is 1. The van der Waals surface area contributed by atoms with Crippen LogP contribution >= 0.6 is 0 Å². The number of benzene rings is 1. The van der Waals surface area contributed by atoms with Crippen LogP contribution in [0.5, 0.6) is 0 Å². The average Bonchev–Trinajstić information content (AvgIpc) is 2.52. The predicted octanol–water partition coefficient (Wildman–Crippen LogP) is 3.53. The van der Waals surface area contributed by atoms with Crippen molar-refractivity contribution in [3.05, 3.63) is 35.9 Å². The predicted molar refractivity (Wildman–Crippen MR) is 88.7 cm³/mol. The van der Waals surface area contributed by atoms with Crippen LogP contribution in [-0.4, -0.2) is 37.1 Å². The molecular formula is C17H24N2O3. The van der Waals surface area contributed by atoms with E-state index in [1.807, 2.05) is 12.1 Å². The molecule has 1 aromatic rings. The fourth-order valence-electron chi connectivity index (χ4n) is 1.75. The van der Waals surface area contributed by atoms with Crippen LogP contribution in [0.2, 0.25) is 0 Å². The molecule has 0 fully saturated rings. The number of urea groups is 1. The van der Waals surface area contributed by atoms with Gasteiger partial charge >= 0.3 is 12.0 Å². The second kappa shape index (κ2) is 9.60. The first-order valence-corrected chi connectivity index (χ1v) is 7.53. The highest BCUT2D eigenvalue weighted by atomic mass is 16.5. The summed E-state index contributed by atoms with van der Waals surface area (Å²) in [6, 6.07) is 7.14. The van der Waals surface area contributed by atoms with Gasteiger partial charge in [-0.25, -0.2) is 9.59 Å². The van der Waals surface area contributed by atoms with Crippen molar-refractivity contribution < 1.29 is 14.3 Å². The zero-order valence-corrected chi connectivity index (χ0v) is 13.5. The molecule has 0 saturated carbocycles. The molecule has 0 aliphatic rings. The minimum Gasteiger partial charge on any atom is -0.463 e. The molecule has 0 unspecified atom stereocenters. The van der Waals surface area contributed by atoms with Gasteiger partial charge in [-0.3, -0.25) is 0 Å². The van der Waals surface area contributed by atoms with Crippen molar-refractivity contribution in [1.82, 2.24) is 4.90 Å². The molecule has 22 heavy (non-hydrogen) atoms.